The fourth-order valence-corrected chi connectivity index (χ4v) is 11.3. The highest BCUT2D eigenvalue weighted by atomic mass is 35.5. The van der Waals surface area contributed by atoms with E-state index in [1.54, 1.807) is 34.2 Å². The van der Waals surface area contributed by atoms with Gasteiger partial charge >= 0.3 is 24.0 Å². The second kappa shape index (κ2) is 52.0. The van der Waals surface area contributed by atoms with Gasteiger partial charge in [-0.1, -0.05) is 69.0 Å². The molecule has 34 nitrogen and oxygen atoms in total. The van der Waals surface area contributed by atoms with E-state index in [1.807, 2.05) is 36.4 Å². The van der Waals surface area contributed by atoms with Gasteiger partial charge in [-0.25, -0.2) is 28.9 Å². The number of carbonyl (C=O) groups is 8. The van der Waals surface area contributed by atoms with Gasteiger partial charge in [0, 0.05) is 110 Å². The van der Waals surface area contributed by atoms with Crippen molar-refractivity contribution in [2.75, 3.05) is 129 Å². The summed E-state index contributed by atoms with van der Waals surface area (Å²) in [6, 6.07) is 15.1. The van der Waals surface area contributed by atoms with Crippen molar-refractivity contribution >= 4 is 106 Å². The minimum Gasteiger partial charge on any atom is -0.481 e. The lowest BCUT2D eigenvalue weighted by molar-refractivity contribution is -0.139. The number of carboxylic acids is 2. The SMILES string of the molecule is O=C(O)CC(NC(=O)[C@H](Cc1cn(CCOCCOCCOCCNC(=O)NCCCCNC(=O)NCCOCCOCCOCCn2cc(C[C@H](NC(=O)CCCCNc3ccccn3)C(=O)NC(CC(=O)O)c3cc(Cl)cc(Cl)c3)nn2)nn1)NC(=O)CCCCNc1ccccn1)c1cc(Cl)cc(Cl)c1. The summed E-state index contributed by atoms with van der Waals surface area (Å²) in [5.41, 5.74) is 1.56. The van der Waals surface area contributed by atoms with Gasteiger partial charge in [0.1, 0.15) is 23.7 Å². The minimum absolute atomic E-state index is 0.0434. The van der Waals surface area contributed by atoms with Crippen molar-refractivity contribution in [2.45, 2.75) is 114 Å². The van der Waals surface area contributed by atoms with Crippen LogP contribution in [0.4, 0.5) is 21.2 Å². The molecular formula is C70H96Cl4N18O16. The molecule has 4 heterocycles. The van der Waals surface area contributed by atoms with E-state index in [-0.39, 0.29) is 109 Å². The van der Waals surface area contributed by atoms with Crippen molar-refractivity contribution < 1.29 is 77.0 Å². The lowest BCUT2D eigenvalue weighted by Crippen LogP contribution is -2.49. The summed E-state index contributed by atoms with van der Waals surface area (Å²) in [5.74, 6) is -2.93. The Balaban J connectivity index is 0.724. The smallest absolute Gasteiger partial charge is 0.314 e. The van der Waals surface area contributed by atoms with Gasteiger partial charge in [0.05, 0.1) is 129 Å². The monoisotopic (exact) mass is 1580 g/mol. The predicted octanol–water partition coefficient (Wildman–Crippen LogP) is 5.74. The molecule has 0 aliphatic carbocycles. The van der Waals surface area contributed by atoms with Crippen LogP contribution >= 0.6 is 46.4 Å². The van der Waals surface area contributed by atoms with E-state index in [1.165, 1.54) is 36.4 Å². The number of unbranched alkanes of at least 4 members (excludes halogenated alkanes) is 3. The molecule has 4 atom stereocenters. The topological polar surface area (TPSA) is 440 Å². The molecule has 590 valence electrons. The standard InChI is InChI=1S/C70H96Cl4N18O16/c71-51-37-49(38-52(72)41-51)57(45-65(95)96)85-67(99)59(83-63(93)13-3-7-17-77-61-11-1-5-15-75-61)43-55-47-91(89-87-55)23-27-105-31-35-107-33-29-103-25-21-81-69(101)79-19-9-10-20-80-70(102)82-22-26-104-30-34-108-36-32-106-28-24-92-48-56(88-90-92)44-60(84-64(94)14-4-8-18-78-62-12-2-6-16-76-62)68(100)86-58(46-66(97)98)50-39-53(73)42-54(74)40-50/h1-2,5-6,11-12,15-16,37-42,47-48,57-60H,3-4,7-10,13-14,17-36,43-46H2,(H,75,77)(H,76,78)(H,83,93)(H,84,94)(H,85,99)(H,86,100)(H,95,96)(H,97,98)(H2,79,81,101)(H2,80,82,102)/t57?,58?,59-,60-/m0/s1. The predicted molar refractivity (Wildman–Crippen MR) is 401 cm³/mol. The van der Waals surface area contributed by atoms with Gasteiger partial charge in [0.2, 0.25) is 23.6 Å². The summed E-state index contributed by atoms with van der Waals surface area (Å²) >= 11 is 24.8. The molecule has 12 N–H and O–H groups in total. The highest BCUT2D eigenvalue weighted by molar-refractivity contribution is 6.35. The van der Waals surface area contributed by atoms with Crippen molar-refractivity contribution in [3.63, 3.8) is 0 Å². The zero-order chi connectivity index (χ0) is 77.4. The second-order valence-corrected chi connectivity index (χ2v) is 26.0. The summed E-state index contributed by atoms with van der Waals surface area (Å²) in [6.07, 6.45) is 9.50. The summed E-state index contributed by atoms with van der Waals surface area (Å²) in [4.78, 5) is 111. The highest BCUT2D eigenvalue weighted by Crippen LogP contribution is 2.28. The molecule has 0 saturated heterocycles. The number of rotatable bonds is 57. The summed E-state index contributed by atoms with van der Waals surface area (Å²) in [6.45, 7) is 6.71. The lowest BCUT2D eigenvalue weighted by atomic mass is 10.0. The molecule has 0 bridgehead atoms. The zero-order valence-corrected chi connectivity index (χ0v) is 62.9. The summed E-state index contributed by atoms with van der Waals surface area (Å²) in [7, 11) is 0. The van der Waals surface area contributed by atoms with Crippen molar-refractivity contribution in [1.82, 2.24) is 82.5 Å². The molecule has 2 unspecified atom stereocenters. The normalized spacial score (nSPS) is 12.2. The fraction of sp³-hybridized carbons (Fsp3) is 0.514. The van der Waals surface area contributed by atoms with E-state index in [0.29, 0.717) is 153 Å². The van der Waals surface area contributed by atoms with Crippen LogP contribution < -0.4 is 53.2 Å². The van der Waals surface area contributed by atoms with Crippen LogP contribution in [0.5, 0.6) is 0 Å². The average molecular weight is 1590 g/mol. The highest BCUT2D eigenvalue weighted by Gasteiger charge is 2.29. The molecule has 0 aliphatic rings. The zero-order valence-electron chi connectivity index (χ0n) is 59.9. The first kappa shape index (κ1) is 87.8. The molecule has 0 saturated carbocycles. The molecule has 38 heteroatoms. The third-order valence-corrected chi connectivity index (χ3v) is 16.4. The average Bonchev–Trinajstić information content (AvgIpc) is 1.08. The molecule has 6 rings (SSSR count). The van der Waals surface area contributed by atoms with Crippen molar-refractivity contribution in [3.05, 3.63) is 140 Å². The van der Waals surface area contributed by atoms with Gasteiger partial charge in [-0.3, -0.25) is 28.8 Å². The maximum atomic E-state index is 13.8. The van der Waals surface area contributed by atoms with Crippen molar-refractivity contribution in [2.24, 2.45) is 0 Å². The van der Waals surface area contributed by atoms with Gasteiger partial charge in [0.15, 0.2) is 0 Å². The summed E-state index contributed by atoms with van der Waals surface area (Å²) < 4.78 is 36.7. The number of nitrogens with zero attached hydrogens (tertiary/aromatic N) is 8. The third kappa shape index (κ3) is 38.6. The number of amides is 8. The number of carbonyl (C=O) groups excluding carboxylic acids is 6. The first-order valence-electron chi connectivity index (χ1n) is 35.5. The third-order valence-electron chi connectivity index (χ3n) is 15.5. The van der Waals surface area contributed by atoms with E-state index >= 15 is 0 Å². The van der Waals surface area contributed by atoms with E-state index in [9.17, 15) is 48.6 Å². The lowest BCUT2D eigenvalue weighted by Gasteiger charge is -2.23. The van der Waals surface area contributed by atoms with E-state index in [2.05, 4.69) is 83.8 Å². The molecule has 108 heavy (non-hydrogen) atoms. The Morgan fingerprint density at radius 2 is 0.769 bits per heavy atom. The maximum Gasteiger partial charge on any atom is 0.314 e. The van der Waals surface area contributed by atoms with Crippen LogP contribution in [-0.4, -0.2) is 228 Å². The quantitative estimate of drug-likeness (QED) is 0.0203. The Hall–Kier alpha value is -9.10. The number of urea groups is 2. The van der Waals surface area contributed by atoms with Crippen LogP contribution in [-0.2, 0) is 83.1 Å². The molecule has 0 spiro atoms. The number of ether oxygens (including phenoxy) is 6. The van der Waals surface area contributed by atoms with Gasteiger partial charge in [-0.15, -0.1) is 10.2 Å². The van der Waals surface area contributed by atoms with E-state index < -0.39 is 60.8 Å². The Morgan fingerprint density at radius 3 is 1.13 bits per heavy atom. The number of carboxylic acid groups (broad SMARTS) is 2. The van der Waals surface area contributed by atoms with Gasteiger partial charge in [-0.2, -0.15) is 0 Å². The number of aliphatic carboxylic acids is 2. The molecule has 2 aromatic carbocycles. The molecule has 8 amide bonds. The van der Waals surface area contributed by atoms with Crippen LogP contribution in [0.25, 0.3) is 0 Å². The number of benzene rings is 2. The maximum absolute atomic E-state index is 13.8. The molecule has 4 aromatic heterocycles. The van der Waals surface area contributed by atoms with Crippen LogP contribution in [0.2, 0.25) is 20.1 Å². The Morgan fingerprint density at radius 1 is 0.417 bits per heavy atom. The first-order chi connectivity index (χ1) is 52.3. The number of halogens is 4. The van der Waals surface area contributed by atoms with Gasteiger partial charge < -0.3 is 91.8 Å². The van der Waals surface area contributed by atoms with Crippen molar-refractivity contribution in [3.8, 4) is 0 Å². The minimum atomic E-state index is -1.17. The fourth-order valence-electron chi connectivity index (χ4n) is 10.2. The largest absolute Gasteiger partial charge is 0.481 e. The number of nitrogens with one attached hydrogen (secondary N) is 10. The summed E-state index contributed by atoms with van der Waals surface area (Å²) in [5, 5.41) is 65.6. The van der Waals surface area contributed by atoms with E-state index in [4.69, 9.17) is 74.8 Å². The van der Waals surface area contributed by atoms with Crippen LogP contribution in [0.15, 0.2) is 97.6 Å². The second-order valence-electron chi connectivity index (χ2n) is 24.3. The number of pyridine rings is 2. The van der Waals surface area contributed by atoms with Gasteiger partial charge in [0.25, 0.3) is 0 Å². The Bertz CT molecular complexity index is 3400. The number of anilines is 2. The molecular weight excluding hydrogens is 1490 g/mol. The number of hydrogen-bond acceptors (Lipinski definition) is 22. The van der Waals surface area contributed by atoms with Gasteiger partial charge in [-0.05, 0) is 110 Å². The molecule has 0 aliphatic heterocycles. The van der Waals surface area contributed by atoms with Crippen LogP contribution in [0.3, 0.4) is 0 Å². The number of aromatic nitrogens is 8. The first-order valence-corrected chi connectivity index (χ1v) is 37.0. The van der Waals surface area contributed by atoms with Crippen molar-refractivity contribution in [1.29, 1.82) is 0 Å². The Kier molecular flexibility index (Phi) is 42.3. The van der Waals surface area contributed by atoms with Crippen LogP contribution in [0.1, 0.15) is 98.8 Å². The van der Waals surface area contributed by atoms with Crippen LogP contribution in [0, 0.1) is 0 Å². The molecule has 6 aromatic rings. The Labute approximate surface area is 645 Å². The molecule has 0 fully saturated rings. The van der Waals surface area contributed by atoms with E-state index in [0.717, 1.165) is 11.6 Å². The molecule has 0 radical (unpaired) electrons. The number of hydrogen-bond donors (Lipinski definition) is 12.